The highest BCUT2D eigenvalue weighted by Gasteiger charge is 2.26. The average Bonchev–Trinajstić information content (AvgIpc) is 3.38. The number of nitrogens with zero attached hydrogens (tertiary/aromatic N) is 2. The first-order valence-corrected chi connectivity index (χ1v) is 9.03. The monoisotopic (exact) mass is 362 g/mol. The van der Waals surface area contributed by atoms with Gasteiger partial charge in [0.2, 0.25) is 0 Å². The molecule has 27 heavy (non-hydrogen) atoms. The number of amides is 1. The number of aromatic nitrogens is 2. The molecule has 6 heteroatoms. The molecule has 1 unspecified atom stereocenters. The summed E-state index contributed by atoms with van der Waals surface area (Å²) in [6.07, 6.45) is 0.906. The van der Waals surface area contributed by atoms with Gasteiger partial charge in [-0.05, 0) is 48.4 Å². The van der Waals surface area contributed by atoms with E-state index < -0.39 is 0 Å². The number of rotatable bonds is 5. The second-order valence-corrected chi connectivity index (χ2v) is 6.64. The van der Waals surface area contributed by atoms with Gasteiger partial charge >= 0.3 is 0 Å². The van der Waals surface area contributed by atoms with Crippen molar-refractivity contribution in [3.63, 3.8) is 0 Å². The molecule has 1 saturated heterocycles. The predicted molar refractivity (Wildman–Crippen MR) is 105 cm³/mol. The quantitative estimate of drug-likeness (QED) is 0.732. The van der Waals surface area contributed by atoms with E-state index in [1.165, 1.54) is 0 Å². The second-order valence-electron chi connectivity index (χ2n) is 6.64. The second kappa shape index (κ2) is 7.53. The van der Waals surface area contributed by atoms with Crippen LogP contribution in [0.5, 0.6) is 5.75 Å². The van der Waals surface area contributed by atoms with Crippen molar-refractivity contribution in [2.75, 3.05) is 25.1 Å². The van der Waals surface area contributed by atoms with E-state index in [4.69, 9.17) is 4.74 Å². The molecule has 1 fully saturated rings. The van der Waals surface area contributed by atoms with Crippen molar-refractivity contribution in [3.8, 4) is 17.0 Å². The molecule has 1 aromatic heterocycles. The molecule has 1 aliphatic rings. The number of methoxy groups -OCH3 is 1. The minimum atomic E-state index is -0.0246. The van der Waals surface area contributed by atoms with Gasteiger partial charge in [0, 0.05) is 30.8 Å². The summed E-state index contributed by atoms with van der Waals surface area (Å²) in [6, 6.07) is 19.4. The highest BCUT2D eigenvalue weighted by atomic mass is 16.5. The van der Waals surface area contributed by atoms with Crippen LogP contribution in [-0.4, -0.2) is 42.3 Å². The van der Waals surface area contributed by atoms with E-state index in [9.17, 15) is 4.79 Å². The lowest BCUT2D eigenvalue weighted by Crippen LogP contribution is -2.37. The smallest absolute Gasteiger partial charge is 0.251 e. The van der Waals surface area contributed by atoms with Crippen LogP contribution in [0.3, 0.4) is 0 Å². The number of carbonyl (C=O) groups is 1. The van der Waals surface area contributed by atoms with E-state index in [1.807, 2.05) is 60.7 Å². The summed E-state index contributed by atoms with van der Waals surface area (Å²) in [5, 5.41) is 10.7. The molecular formula is C21H22N4O2. The Morgan fingerprint density at radius 2 is 1.96 bits per heavy atom. The Labute approximate surface area is 158 Å². The Balaban J connectivity index is 1.39. The first kappa shape index (κ1) is 17.1. The Morgan fingerprint density at radius 1 is 1.19 bits per heavy atom. The number of ether oxygens (including phenoxy) is 1. The van der Waals surface area contributed by atoms with Crippen molar-refractivity contribution >= 4 is 11.7 Å². The van der Waals surface area contributed by atoms with Crippen LogP contribution in [0.15, 0.2) is 60.7 Å². The lowest BCUT2D eigenvalue weighted by Gasteiger charge is -2.16. The number of H-pyrrole nitrogens is 1. The van der Waals surface area contributed by atoms with Crippen LogP contribution in [0, 0.1) is 0 Å². The van der Waals surface area contributed by atoms with Gasteiger partial charge in [-0.2, -0.15) is 5.10 Å². The summed E-state index contributed by atoms with van der Waals surface area (Å²) >= 11 is 0. The number of hydrogen-bond donors (Lipinski definition) is 2. The largest absolute Gasteiger partial charge is 0.497 e. The zero-order valence-corrected chi connectivity index (χ0v) is 15.2. The highest BCUT2D eigenvalue weighted by Crippen LogP contribution is 2.26. The Hall–Kier alpha value is -3.28. The van der Waals surface area contributed by atoms with Crippen LogP contribution in [0.2, 0.25) is 0 Å². The highest BCUT2D eigenvalue weighted by molar-refractivity contribution is 5.94. The lowest BCUT2D eigenvalue weighted by molar-refractivity contribution is 0.0940. The molecule has 3 aromatic rings. The van der Waals surface area contributed by atoms with Gasteiger partial charge in [-0.15, -0.1) is 0 Å². The molecule has 2 heterocycles. The van der Waals surface area contributed by atoms with Crippen molar-refractivity contribution in [1.29, 1.82) is 0 Å². The fourth-order valence-electron chi connectivity index (χ4n) is 3.34. The summed E-state index contributed by atoms with van der Waals surface area (Å²) in [5.41, 5.74) is 2.71. The zero-order chi connectivity index (χ0) is 18.6. The van der Waals surface area contributed by atoms with Crippen molar-refractivity contribution in [2.24, 2.45) is 0 Å². The van der Waals surface area contributed by atoms with Crippen LogP contribution in [0.4, 0.5) is 5.82 Å². The maximum Gasteiger partial charge on any atom is 0.251 e. The van der Waals surface area contributed by atoms with Crippen molar-refractivity contribution in [2.45, 2.75) is 12.5 Å². The standard InChI is InChI=1S/C21H22N4O2/c1-27-18-9-7-15(8-10-18)19-13-20(24-23-19)25-12-11-17(14-25)22-21(26)16-5-3-2-4-6-16/h2-10,13,17H,11-12,14H2,1H3,(H,22,26)(H,23,24). The van der Waals surface area contributed by atoms with Gasteiger partial charge < -0.3 is 15.0 Å². The summed E-state index contributed by atoms with van der Waals surface area (Å²) in [7, 11) is 1.66. The van der Waals surface area contributed by atoms with Gasteiger partial charge in [-0.1, -0.05) is 18.2 Å². The molecule has 2 N–H and O–H groups in total. The van der Waals surface area contributed by atoms with E-state index >= 15 is 0 Å². The van der Waals surface area contributed by atoms with E-state index in [1.54, 1.807) is 7.11 Å². The fraction of sp³-hybridized carbons (Fsp3) is 0.238. The van der Waals surface area contributed by atoms with Gasteiger partial charge in [-0.3, -0.25) is 9.89 Å². The van der Waals surface area contributed by atoms with Gasteiger partial charge in [0.25, 0.3) is 5.91 Å². The Morgan fingerprint density at radius 3 is 2.70 bits per heavy atom. The molecule has 138 valence electrons. The number of benzene rings is 2. The third-order valence-electron chi connectivity index (χ3n) is 4.85. The van der Waals surface area contributed by atoms with Crippen molar-refractivity contribution < 1.29 is 9.53 Å². The first-order chi connectivity index (χ1) is 13.2. The number of anilines is 1. The molecule has 4 rings (SSSR count). The lowest BCUT2D eigenvalue weighted by atomic mass is 10.1. The average molecular weight is 362 g/mol. The van der Waals surface area contributed by atoms with Crippen molar-refractivity contribution in [1.82, 2.24) is 15.5 Å². The third-order valence-corrected chi connectivity index (χ3v) is 4.85. The van der Waals surface area contributed by atoms with E-state index in [-0.39, 0.29) is 11.9 Å². The molecule has 2 aromatic carbocycles. The summed E-state index contributed by atoms with van der Waals surface area (Å²) < 4.78 is 5.20. The fourth-order valence-corrected chi connectivity index (χ4v) is 3.34. The Bertz CT molecular complexity index is 905. The molecule has 0 saturated carbocycles. The van der Waals surface area contributed by atoms with Crippen LogP contribution in [0.25, 0.3) is 11.3 Å². The minimum absolute atomic E-state index is 0.0246. The maximum atomic E-state index is 12.3. The van der Waals surface area contributed by atoms with E-state index in [2.05, 4.69) is 20.4 Å². The maximum absolute atomic E-state index is 12.3. The molecule has 6 nitrogen and oxygen atoms in total. The number of nitrogens with one attached hydrogen (secondary N) is 2. The normalized spacial score (nSPS) is 16.3. The number of carbonyl (C=O) groups excluding carboxylic acids is 1. The van der Waals surface area contributed by atoms with Crippen LogP contribution >= 0.6 is 0 Å². The topological polar surface area (TPSA) is 70.2 Å². The minimum Gasteiger partial charge on any atom is -0.497 e. The molecule has 1 atom stereocenters. The van der Waals surface area contributed by atoms with Crippen LogP contribution in [0.1, 0.15) is 16.8 Å². The SMILES string of the molecule is COc1ccc(-c2cc(N3CCC(NC(=O)c4ccccc4)C3)n[nH]2)cc1. The summed E-state index contributed by atoms with van der Waals surface area (Å²) in [6.45, 7) is 1.62. The van der Waals surface area contributed by atoms with Crippen molar-refractivity contribution in [3.05, 3.63) is 66.2 Å². The van der Waals surface area contributed by atoms with Gasteiger partial charge in [-0.25, -0.2) is 0 Å². The molecule has 0 spiro atoms. The number of hydrogen-bond acceptors (Lipinski definition) is 4. The predicted octanol–water partition coefficient (Wildman–Crippen LogP) is 3.09. The molecular weight excluding hydrogens is 340 g/mol. The third kappa shape index (κ3) is 3.79. The molecule has 1 amide bonds. The Kier molecular flexibility index (Phi) is 4.78. The molecule has 0 aliphatic carbocycles. The van der Waals surface area contributed by atoms with E-state index in [0.29, 0.717) is 5.56 Å². The first-order valence-electron chi connectivity index (χ1n) is 9.03. The van der Waals surface area contributed by atoms with Gasteiger partial charge in [0.1, 0.15) is 5.75 Å². The van der Waals surface area contributed by atoms with Gasteiger partial charge in [0.05, 0.1) is 12.8 Å². The molecule has 0 radical (unpaired) electrons. The molecule has 0 bridgehead atoms. The van der Waals surface area contributed by atoms with Gasteiger partial charge in [0.15, 0.2) is 5.82 Å². The van der Waals surface area contributed by atoms with E-state index in [0.717, 1.165) is 42.3 Å². The zero-order valence-electron chi connectivity index (χ0n) is 15.2. The summed E-state index contributed by atoms with van der Waals surface area (Å²) in [4.78, 5) is 14.5. The van der Waals surface area contributed by atoms with Crippen LogP contribution < -0.4 is 15.0 Å². The number of aromatic amines is 1. The summed E-state index contributed by atoms with van der Waals surface area (Å²) in [5.74, 6) is 1.70. The van der Waals surface area contributed by atoms with Crippen LogP contribution in [-0.2, 0) is 0 Å². The molecule has 1 aliphatic heterocycles.